The third-order valence-electron chi connectivity index (χ3n) is 3.65. The number of carbonyl (C=O) groups excluding carboxylic acids is 1. The number of nitrogens with one attached hydrogen (secondary N) is 2. The monoisotopic (exact) mass is 288 g/mol. The second-order valence-electron chi connectivity index (χ2n) is 5.07. The van der Waals surface area contributed by atoms with Crippen molar-refractivity contribution < 1.29 is 13.6 Å². The van der Waals surface area contributed by atoms with Crippen molar-refractivity contribution in [1.82, 2.24) is 5.32 Å². The largest absolute Gasteiger partial charge is 0.324 e. The summed E-state index contributed by atoms with van der Waals surface area (Å²) in [5.41, 5.74) is 2.22. The molecule has 5 heteroatoms. The third kappa shape index (κ3) is 2.52. The highest BCUT2D eigenvalue weighted by Gasteiger charge is 2.31. The summed E-state index contributed by atoms with van der Waals surface area (Å²) in [6.07, 6.45) is 0. The van der Waals surface area contributed by atoms with Gasteiger partial charge in [-0.2, -0.15) is 0 Å². The van der Waals surface area contributed by atoms with Gasteiger partial charge in [-0.3, -0.25) is 10.1 Å². The molecular formula is C16H14F2N2O. The Labute approximate surface area is 121 Å². The topological polar surface area (TPSA) is 41.1 Å². The minimum absolute atomic E-state index is 0.148. The van der Waals surface area contributed by atoms with E-state index in [1.54, 1.807) is 6.92 Å². The highest BCUT2D eigenvalue weighted by atomic mass is 19.2. The number of carbonyl (C=O) groups is 1. The molecule has 1 aliphatic heterocycles. The fourth-order valence-electron chi connectivity index (χ4n) is 2.50. The second-order valence-corrected chi connectivity index (χ2v) is 5.07. The first-order valence-corrected chi connectivity index (χ1v) is 6.67. The standard InChI is InChI=1S/C16H14F2N2O/c1-9(10-6-7-12(17)13(18)8-10)19-15-11-4-2-3-5-14(11)20-16(15)21/h2-9,15,19H,1H3,(H,20,21). The molecule has 0 aliphatic carbocycles. The molecule has 21 heavy (non-hydrogen) atoms. The van der Waals surface area contributed by atoms with Gasteiger partial charge in [0.1, 0.15) is 6.04 Å². The van der Waals surface area contributed by atoms with Crippen molar-refractivity contribution in [2.45, 2.75) is 19.0 Å². The van der Waals surface area contributed by atoms with E-state index in [4.69, 9.17) is 0 Å². The predicted molar refractivity (Wildman–Crippen MR) is 75.7 cm³/mol. The van der Waals surface area contributed by atoms with Gasteiger partial charge in [0, 0.05) is 17.3 Å². The van der Waals surface area contributed by atoms with E-state index in [0.717, 1.165) is 23.4 Å². The van der Waals surface area contributed by atoms with Crippen molar-refractivity contribution >= 4 is 11.6 Å². The summed E-state index contributed by atoms with van der Waals surface area (Å²) in [5.74, 6) is -1.92. The van der Waals surface area contributed by atoms with E-state index < -0.39 is 17.7 Å². The van der Waals surface area contributed by atoms with Crippen LogP contribution in [0.3, 0.4) is 0 Å². The van der Waals surface area contributed by atoms with Crippen molar-refractivity contribution in [1.29, 1.82) is 0 Å². The maximum absolute atomic E-state index is 13.3. The summed E-state index contributed by atoms with van der Waals surface area (Å²) in [6, 6.07) is 10.4. The van der Waals surface area contributed by atoms with Gasteiger partial charge in [0.05, 0.1) is 0 Å². The highest BCUT2D eigenvalue weighted by molar-refractivity contribution is 6.02. The van der Waals surface area contributed by atoms with Gasteiger partial charge in [-0.15, -0.1) is 0 Å². The van der Waals surface area contributed by atoms with Gasteiger partial charge in [0.2, 0.25) is 5.91 Å². The Hall–Kier alpha value is -2.27. The fraction of sp³-hybridized carbons (Fsp3) is 0.188. The Bertz CT molecular complexity index is 702. The molecule has 0 spiro atoms. The van der Waals surface area contributed by atoms with Gasteiger partial charge >= 0.3 is 0 Å². The van der Waals surface area contributed by atoms with Crippen LogP contribution in [0.15, 0.2) is 42.5 Å². The van der Waals surface area contributed by atoms with E-state index in [9.17, 15) is 13.6 Å². The number of benzene rings is 2. The lowest BCUT2D eigenvalue weighted by Crippen LogP contribution is -2.29. The summed E-state index contributed by atoms with van der Waals surface area (Å²) in [4.78, 5) is 12.0. The Morgan fingerprint density at radius 3 is 2.67 bits per heavy atom. The van der Waals surface area contributed by atoms with Gasteiger partial charge in [-0.1, -0.05) is 24.3 Å². The first-order chi connectivity index (χ1) is 10.1. The molecule has 1 amide bonds. The first kappa shape index (κ1) is 13.7. The molecule has 0 radical (unpaired) electrons. The first-order valence-electron chi connectivity index (χ1n) is 6.67. The Morgan fingerprint density at radius 2 is 1.90 bits per heavy atom. The predicted octanol–water partition coefficient (Wildman–Crippen LogP) is 3.31. The van der Waals surface area contributed by atoms with Crippen LogP contribution in [0.5, 0.6) is 0 Å². The number of fused-ring (bicyclic) bond motifs is 1. The second kappa shape index (κ2) is 5.26. The Balaban J connectivity index is 1.83. The summed E-state index contributed by atoms with van der Waals surface area (Å²) < 4.78 is 26.3. The highest BCUT2D eigenvalue weighted by Crippen LogP contribution is 2.32. The number of hydrogen-bond acceptors (Lipinski definition) is 2. The van der Waals surface area contributed by atoms with Gasteiger partial charge in [-0.25, -0.2) is 8.78 Å². The van der Waals surface area contributed by atoms with Crippen LogP contribution in [0.25, 0.3) is 0 Å². The van der Waals surface area contributed by atoms with Crippen molar-refractivity contribution in [2.24, 2.45) is 0 Å². The Kier molecular flexibility index (Phi) is 3.43. The zero-order chi connectivity index (χ0) is 15.0. The molecule has 0 saturated carbocycles. The number of hydrogen-bond donors (Lipinski definition) is 2. The van der Waals surface area contributed by atoms with Crippen LogP contribution >= 0.6 is 0 Å². The van der Waals surface area contributed by atoms with E-state index >= 15 is 0 Å². The molecule has 1 aliphatic rings. The average molecular weight is 288 g/mol. The van der Waals surface area contributed by atoms with E-state index in [-0.39, 0.29) is 11.9 Å². The van der Waals surface area contributed by atoms with Gasteiger partial charge in [0.15, 0.2) is 11.6 Å². The fourth-order valence-corrected chi connectivity index (χ4v) is 2.50. The zero-order valence-electron chi connectivity index (χ0n) is 11.4. The molecule has 2 aromatic rings. The molecule has 2 atom stereocenters. The van der Waals surface area contributed by atoms with E-state index in [0.29, 0.717) is 5.56 Å². The van der Waals surface area contributed by atoms with Crippen LogP contribution in [0.1, 0.15) is 30.1 Å². The molecular weight excluding hydrogens is 274 g/mol. The van der Waals surface area contributed by atoms with Crippen LogP contribution in [0.2, 0.25) is 0 Å². The molecule has 2 N–H and O–H groups in total. The number of rotatable bonds is 3. The zero-order valence-corrected chi connectivity index (χ0v) is 11.4. The smallest absolute Gasteiger partial charge is 0.246 e. The number of anilines is 1. The van der Waals surface area contributed by atoms with Gasteiger partial charge < -0.3 is 5.32 Å². The molecule has 3 rings (SSSR count). The number of amides is 1. The average Bonchev–Trinajstić information content (AvgIpc) is 2.78. The SMILES string of the molecule is CC(NC1C(=O)Nc2ccccc21)c1ccc(F)c(F)c1. The maximum atomic E-state index is 13.3. The summed E-state index contributed by atoms with van der Waals surface area (Å²) in [6.45, 7) is 1.81. The lowest BCUT2D eigenvalue weighted by Gasteiger charge is -2.19. The molecule has 108 valence electrons. The van der Waals surface area contributed by atoms with Crippen LogP contribution in [-0.4, -0.2) is 5.91 Å². The molecule has 0 aromatic heterocycles. The van der Waals surface area contributed by atoms with Crippen LogP contribution in [-0.2, 0) is 4.79 Å². The summed E-state index contributed by atoms with van der Waals surface area (Å²) in [7, 11) is 0. The molecule has 0 bridgehead atoms. The van der Waals surface area contributed by atoms with Gasteiger partial charge in [0.25, 0.3) is 0 Å². The van der Waals surface area contributed by atoms with Crippen molar-refractivity contribution in [3.8, 4) is 0 Å². The minimum Gasteiger partial charge on any atom is -0.324 e. The van der Waals surface area contributed by atoms with Crippen LogP contribution in [0.4, 0.5) is 14.5 Å². The van der Waals surface area contributed by atoms with Crippen LogP contribution < -0.4 is 10.6 Å². The molecule has 3 nitrogen and oxygen atoms in total. The lowest BCUT2D eigenvalue weighted by molar-refractivity contribution is -0.117. The Morgan fingerprint density at radius 1 is 1.14 bits per heavy atom. The third-order valence-corrected chi connectivity index (χ3v) is 3.65. The van der Waals surface area contributed by atoms with Gasteiger partial charge in [-0.05, 0) is 30.7 Å². The van der Waals surface area contributed by atoms with E-state index in [1.165, 1.54) is 6.07 Å². The lowest BCUT2D eigenvalue weighted by atomic mass is 10.0. The quantitative estimate of drug-likeness (QED) is 0.909. The van der Waals surface area contributed by atoms with Crippen LogP contribution in [0, 0.1) is 11.6 Å². The molecule has 1 heterocycles. The molecule has 0 saturated heterocycles. The maximum Gasteiger partial charge on any atom is 0.246 e. The van der Waals surface area contributed by atoms with Crippen molar-refractivity contribution in [3.63, 3.8) is 0 Å². The van der Waals surface area contributed by atoms with Crippen molar-refractivity contribution in [3.05, 3.63) is 65.2 Å². The molecule has 2 aromatic carbocycles. The normalized spacial score (nSPS) is 18.2. The minimum atomic E-state index is -0.891. The number of halogens is 2. The van der Waals surface area contributed by atoms with E-state index in [1.807, 2.05) is 24.3 Å². The van der Waals surface area contributed by atoms with E-state index in [2.05, 4.69) is 10.6 Å². The summed E-state index contributed by atoms with van der Waals surface area (Å²) in [5, 5.41) is 5.94. The molecule has 0 fully saturated rings. The number of para-hydroxylation sites is 1. The molecule has 2 unspecified atom stereocenters. The van der Waals surface area contributed by atoms with Crippen molar-refractivity contribution in [2.75, 3.05) is 5.32 Å². The summed E-state index contributed by atoms with van der Waals surface area (Å²) >= 11 is 0.